The Labute approximate surface area is 184 Å². The van der Waals surface area contributed by atoms with E-state index in [1.54, 1.807) is 22.7 Å². The predicted octanol–water partition coefficient (Wildman–Crippen LogP) is 2.74. The molecule has 0 bridgehead atoms. The number of rotatable bonds is 7. The van der Waals surface area contributed by atoms with Crippen molar-refractivity contribution in [2.24, 2.45) is 0 Å². The number of aromatic nitrogens is 2. The fraction of sp³-hybridized carbons (Fsp3) is 0.542. The first-order valence-corrected chi connectivity index (χ1v) is 11.1. The molecule has 0 radical (unpaired) electrons. The minimum Gasteiger partial charge on any atom is -0.391 e. The van der Waals surface area contributed by atoms with Gasteiger partial charge >= 0.3 is 0 Å². The normalized spacial score (nSPS) is 23.7. The molecule has 7 nitrogen and oxygen atoms in total. The van der Waals surface area contributed by atoms with Gasteiger partial charge in [-0.25, -0.2) is 0 Å². The van der Waals surface area contributed by atoms with Crippen LogP contribution in [-0.2, 0) is 16.8 Å². The summed E-state index contributed by atoms with van der Waals surface area (Å²) in [5, 5.41) is 18.3. The second kappa shape index (κ2) is 10.1. The molecular weight excluding hydrogens is 392 g/mol. The first kappa shape index (κ1) is 23.0. The highest BCUT2D eigenvalue weighted by molar-refractivity contribution is 5.92. The highest BCUT2D eigenvalue weighted by Crippen LogP contribution is 2.39. The monoisotopic (exact) mass is 426 g/mol. The van der Waals surface area contributed by atoms with Gasteiger partial charge in [0.25, 0.3) is 5.91 Å². The van der Waals surface area contributed by atoms with E-state index in [4.69, 9.17) is 0 Å². The van der Waals surface area contributed by atoms with Crippen LogP contribution < -0.4 is 5.32 Å². The van der Waals surface area contributed by atoms with Crippen LogP contribution in [-0.4, -0.2) is 57.3 Å². The number of aryl methyl sites for hydroxylation is 1. The Bertz CT molecular complexity index is 882. The van der Waals surface area contributed by atoms with Crippen LogP contribution in [0.15, 0.2) is 42.6 Å². The molecule has 3 atom stereocenters. The van der Waals surface area contributed by atoms with E-state index < -0.39 is 6.10 Å². The molecule has 1 aromatic carbocycles. The summed E-state index contributed by atoms with van der Waals surface area (Å²) in [5.41, 5.74) is 1.29. The highest BCUT2D eigenvalue weighted by atomic mass is 16.3. The number of carbonyl (C=O) groups is 2. The van der Waals surface area contributed by atoms with Crippen molar-refractivity contribution in [1.82, 2.24) is 20.0 Å². The molecule has 2 N–H and O–H groups in total. The van der Waals surface area contributed by atoms with E-state index in [9.17, 15) is 14.7 Å². The van der Waals surface area contributed by atoms with Crippen LogP contribution in [0.2, 0.25) is 0 Å². The van der Waals surface area contributed by atoms with Crippen molar-refractivity contribution < 1.29 is 14.7 Å². The first-order valence-electron chi connectivity index (χ1n) is 11.1. The molecule has 1 saturated carbocycles. The maximum Gasteiger partial charge on any atom is 0.274 e. The molecule has 2 aromatic rings. The predicted molar refractivity (Wildman–Crippen MR) is 120 cm³/mol. The minimum absolute atomic E-state index is 0.0633. The molecular formula is C24H34N4O3. The molecule has 1 fully saturated rings. The summed E-state index contributed by atoms with van der Waals surface area (Å²) < 4.78 is 1.78. The summed E-state index contributed by atoms with van der Waals surface area (Å²) in [5.74, 6) is -0.236. The maximum absolute atomic E-state index is 13.0. The zero-order valence-electron chi connectivity index (χ0n) is 18.8. The van der Waals surface area contributed by atoms with Crippen molar-refractivity contribution in [3.05, 3.63) is 53.9 Å². The summed E-state index contributed by atoms with van der Waals surface area (Å²) in [6.45, 7) is 4.88. The summed E-state index contributed by atoms with van der Waals surface area (Å²) in [7, 11) is 1.75. The van der Waals surface area contributed by atoms with Crippen LogP contribution >= 0.6 is 0 Å². The average molecular weight is 427 g/mol. The van der Waals surface area contributed by atoms with E-state index >= 15 is 0 Å². The quantitative estimate of drug-likeness (QED) is 0.667. The van der Waals surface area contributed by atoms with Crippen molar-refractivity contribution in [2.45, 2.75) is 70.1 Å². The number of likely N-dealkylation sites (N-methyl/N-ethyl adjacent to an activating group) is 1. The molecule has 0 aliphatic heterocycles. The molecule has 1 aromatic heterocycles. The Kier molecular flexibility index (Phi) is 7.49. The van der Waals surface area contributed by atoms with E-state index in [0.717, 1.165) is 31.4 Å². The van der Waals surface area contributed by atoms with Gasteiger partial charge in [0.2, 0.25) is 5.91 Å². The zero-order chi connectivity index (χ0) is 22.4. The second-order valence-electron chi connectivity index (χ2n) is 8.65. The van der Waals surface area contributed by atoms with Crippen LogP contribution in [0, 0.1) is 0 Å². The maximum atomic E-state index is 13.0. The molecule has 3 rings (SSSR count). The fourth-order valence-electron chi connectivity index (χ4n) is 4.62. The molecule has 1 aliphatic carbocycles. The number of aliphatic hydroxyl groups excluding tert-OH is 1. The molecule has 31 heavy (non-hydrogen) atoms. The van der Waals surface area contributed by atoms with Gasteiger partial charge in [0.05, 0.1) is 12.1 Å². The van der Waals surface area contributed by atoms with Crippen LogP contribution in [0.25, 0.3) is 0 Å². The van der Waals surface area contributed by atoms with Crippen molar-refractivity contribution in [3.63, 3.8) is 0 Å². The third-order valence-electron chi connectivity index (χ3n) is 6.47. The Balaban J connectivity index is 1.79. The fourth-order valence-corrected chi connectivity index (χ4v) is 4.62. The zero-order valence-corrected chi connectivity index (χ0v) is 18.8. The lowest BCUT2D eigenvalue weighted by Gasteiger charge is -2.34. The Morgan fingerprint density at radius 3 is 2.61 bits per heavy atom. The van der Waals surface area contributed by atoms with E-state index in [1.165, 1.54) is 6.92 Å². The van der Waals surface area contributed by atoms with E-state index in [1.807, 2.05) is 24.4 Å². The third kappa shape index (κ3) is 5.34. The first-order chi connectivity index (χ1) is 14.9. The van der Waals surface area contributed by atoms with Crippen LogP contribution in [0.1, 0.15) is 62.0 Å². The number of aliphatic hydroxyl groups is 1. The lowest BCUT2D eigenvalue weighted by atomic mass is 9.74. The third-order valence-corrected chi connectivity index (χ3v) is 6.47. The summed E-state index contributed by atoms with van der Waals surface area (Å²) in [4.78, 5) is 26.3. The Hall–Kier alpha value is -2.67. The molecule has 0 saturated heterocycles. The van der Waals surface area contributed by atoms with Crippen molar-refractivity contribution in [3.8, 4) is 0 Å². The van der Waals surface area contributed by atoms with Gasteiger partial charge in [0, 0.05) is 38.7 Å². The highest BCUT2D eigenvalue weighted by Gasteiger charge is 2.40. The van der Waals surface area contributed by atoms with Gasteiger partial charge in [-0.2, -0.15) is 5.10 Å². The van der Waals surface area contributed by atoms with Crippen molar-refractivity contribution >= 4 is 11.8 Å². The molecule has 1 aliphatic rings. The molecule has 168 valence electrons. The van der Waals surface area contributed by atoms with Gasteiger partial charge in [-0.15, -0.1) is 0 Å². The van der Waals surface area contributed by atoms with Crippen LogP contribution in [0.4, 0.5) is 0 Å². The van der Waals surface area contributed by atoms with Gasteiger partial charge in [-0.1, -0.05) is 37.3 Å². The number of hydrogen-bond acceptors (Lipinski definition) is 4. The Morgan fingerprint density at radius 2 is 1.94 bits per heavy atom. The van der Waals surface area contributed by atoms with E-state index in [0.29, 0.717) is 25.1 Å². The van der Waals surface area contributed by atoms with Crippen LogP contribution in [0.3, 0.4) is 0 Å². The molecule has 0 unspecified atom stereocenters. The number of benzene rings is 1. The van der Waals surface area contributed by atoms with Gasteiger partial charge < -0.3 is 15.3 Å². The minimum atomic E-state index is -0.630. The second-order valence-corrected chi connectivity index (χ2v) is 8.65. The SMILES string of the molecule is CCCn1ccc(C(=O)N(C)[C@@H]2CC[C@@](CNC(C)=O)(c3ccccc3)CC[C@H]2O)n1. The van der Waals surface area contributed by atoms with Gasteiger partial charge in [-0.05, 0) is 43.7 Å². The number of carbonyl (C=O) groups excluding carboxylic acids is 2. The largest absolute Gasteiger partial charge is 0.391 e. The smallest absolute Gasteiger partial charge is 0.274 e. The summed E-state index contributed by atoms with van der Waals surface area (Å²) in [6.07, 6.45) is 4.84. The Morgan fingerprint density at radius 1 is 1.23 bits per heavy atom. The lowest BCUT2D eigenvalue weighted by Crippen LogP contribution is -2.44. The standard InChI is InChI=1S/C24H34N4O3/c1-4-15-28-16-12-20(26-28)23(31)27(3)21-10-13-24(14-11-22(21)30,17-25-18(2)29)19-8-6-5-7-9-19/h5-9,12,16,21-22,30H,4,10-11,13-15,17H2,1-3H3,(H,25,29)/t21-,22-,24-/m1/s1. The van der Waals surface area contributed by atoms with E-state index in [2.05, 4.69) is 29.5 Å². The molecule has 1 heterocycles. The van der Waals surface area contributed by atoms with Crippen molar-refractivity contribution in [2.75, 3.05) is 13.6 Å². The van der Waals surface area contributed by atoms with Crippen LogP contribution in [0.5, 0.6) is 0 Å². The van der Waals surface area contributed by atoms with E-state index in [-0.39, 0.29) is 23.3 Å². The molecule has 7 heteroatoms. The van der Waals surface area contributed by atoms with Gasteiger partial charge in [0.1, 0.15) is 5.69 Å². The summed E-state index contributed by atoms with van der Waals surface area (Å²) >= 11 is 0. The average Bonchev–Trinajstić information content (AvgIpc) is 3.16. The number of amides is 2. The van der Waals surface area contributed by atoms with Gasteiger partial charge in [-0.3, -0.25) is 14.3 Å². The molecule has 2 amide bonds. The van der Waals surface area contributed by atoms with Gasteiger partial charge in [0.15, 0.2) is 0 Å². The molecule has 0 spiro atoms. The van der Waals surface area contributed by atoms with Crippen molar-refractivity contribution in [1.29, 1.82) is 0 Å². The number of hydrogen-bond donors (Lipinski definition) is 2. The number of nitrogens with one attached hydrogen (secondary N) is 1. The number of nitrogens with zero attached hydrogens (tertiary/aromatic N) is 3. The topological polar surface area (TPSA) is 87.5 Å². The lowest BCUT2D eigenvalue weighted by molar-refractivity contribution is -0.119. The summed E-state index contributed by atoms with van der Waals surface area (Å²) in [6, 6.07) is 11.6.